The molecule has 0 heterocycles. The summed E-state index contributed by atoms with van der Waals surface area (Å²) in [5.74, 6) is 1.21. The first-order valence-electron chi connectivity index (χ1n) is 4.53. The van der Waals surface area contributed by atoms with Gasteiger partial charge in [0.1, 0.15) is 0 Å². The highest BCUT2D eigenvalue weighted by Gasteiger charge is 2.14. The van der Waals surface area contributed by atoms with E-state index in [1.54, 1.807) is 0 Å². The average Bonchev–Trinajstić information content (AvgIpc) is 2.10. The molecule has 1 atom stereocenters. The van der Waals surface area contributed by atoms with E-state index in [0.717, 1.165) is 12.8 Å². The van der Waals surface area contributed by atoms with Gasteiger partial charge in [-0.2, -0.15) is 0 Å². The van der Waals surface area contributed by atoms with Gasteiger partial charge in [0.25, 0.3) is 0 Å². The van der Waals surface area contributed by atoms with Crippen molar-refractivity contribution >= 4 is 5.97 Å². The van der Waals surface area contributed by atoms with Crippen molar-refractivity contribution in [1.82, 2.24) is 0 Å². The van der Waals surface area contributed by atoms with Gasteiger partial charge in [-0.3, -0.25) is 4.79 Å². The van der Waals surface area contributed by atoms with Crippen molar-refractivity contribution in [2.24, 2.45) is 5.92 Å². The SMILES string of the molecule is C#CCC(CCC=CCC)C(=O)O. The molecule has 0 saturated heterocycles. The third-order valence-electron chi connectivity index (χ3n) is 1.80. The molecule has 1 N–H and O–H groups in total. The van der Waals surface area contributed by atoms with E-state index in [9.17, 15) is 4.79 Å². The smallest absolute Gasteiger partial charge is 0.307 e. The Labute approximate surface area is 79.7 Å². The first-order valence-corrected chi connectivity index (χ1v) is 4.53. The number of aliphatic carboxylic acids is 1. The van der Waals surface area contributed by atoms with Crippen molar-refractivity contribution in [2.45, 2.75) is 32.6 Å². The minimum Gasteiger partial charge on any atom is -0.481 e. The van der Waals surface area contributed by atoms with Crippen LogP contribution in [0.4, 0.5) is 0 Å². The van der Waals surface area contributed by atoms with Crippen molar-refractivity contribution in [2.75, 3.05) is 0 Å². The Hall–Kier alpha value is -1.23. The Morgan fingerprint density at radius 1 is 1.62 bits per heavy atom. The summed E-state index contributed by atoms with van der Waals surface area (Å²) in [5, 5.41) is 8.74. The molecule has 0 aliphatic carbocycles. The molecule has 0 saturated carbocycles. The lowest BCUT2D eigenvalue weighted by Crippen LogP contribution is -2.12. The number of carboxylic acid groups (broad SMARTS) is 1. The molecule has 0 bridgehead atoms. The topological polar surface area (TPSA) is 37.3 Å². The van der Waals surface area contributed by atoms with Crippen molar-refractivity contribution < 1.29 is 9.90 Å². The molecule has 0 amide bonds. The Kier molecular flexibility index (Phi) is 6.72. The summed E-state index contributed by atoms with van der Waals surface area (Å²) in [6.07, 6.45) is 11.9. The molecule has 0 aliphatic heterocycles. The zero-order valence-electron chi connectivity index (χ0n) is 7.99. The van der Waals surface area contributed by atoms with E-state index < -0.39 is 5.97 Å². The lowest BCUT2D eigenvalue weighted by atomic mass is 10.00. The van der Waals surface area contributed by atoms with E-state index >= 15 is 0 Å². The van der Waals surface area contributed by atoms with Gasteiger partial charge in [-0.25, -0.2) is 0 Å². The highest BCUT2D eigenvalue weighted by Crippen LogP contribution is 2.11. The second-order valence-electron chi connectivity index (χ2n) is 2.90. The Morgan fingerprint density at radius 3 is 2.77 bits per heavy atom. The summed E-state index contributed by atoms with van der Waals surface area (Å²) in [6, 6.07) is 0. The van der Waals surface area contributed by atoms with Crippen LogP contribution in [0.2, 0.25) is 0 Å². The maximum atomic E-state index is 10.6. The van der Waals surface area contributed by atoms with Gasteiger partial charge in [0, 0.05) is 6.42 Å². The number of hydrogen-bond donors (Lipinski definition) is 1. The van der Waals surface area contributed by atoms with Gasteiger partial charge < -0.3 is 5.11 Å². The number of hydrogen-bond acceptors (Lipinski definition) is 1. The van der Waals surface area contributed by atoms with Crippen molar-refractivity contribution in [3.63, 3.8) is 0 Å². The maximum absolute atomic E-state index is 10.6. The number of allylic oxidation sites excluding steroid dienone is 2. The van der Waals surface area contributed by atoms with E-state index in [4.69, 9.17) is 11.5 Å². The van der Waals surface area contributed by atoms with E-state index in [2.05, 4.69) is 5.92 Å². The number of carbonyl (C=O) groups is 1. The van der Waals surface area contributed by atoms with Crippen LogP contribution in [0.3, 0.4) is 0 Å². The number of carboxylic acids is 1. The second kappa shape index (κ2) is 7.42. The molecule has 72 valence electrons. The second-order valence-corrected chi connectivity index (χ2v) is 2.90. The van der Waals surface area contributed by atoms with E-state index in [1.807, 2.05) is 19.1 Å². The molecule has 13 heavy (non-hydrogen) atoms. The lowest BCUT2D eigenvalue weighted by Gasteiger charge is -2.05. The normalized spacial score (nSPS) is 12.6. The molecule has 0 rings (SSSR count). The molecule has 0 fully saturated rings. The summed E-state index contributed by atoms with van der Waals surface area (Å²) >= 11 is 0. The fraction of sp³-hybridized carbons (Fsp3) is 0.545. The largest absolute Gasteiger partial charge is 0.481 e. The molecular weight excluding hydrogens is 164 g/mol. The molecule has 2 heteroatoms. The molecule has 0 aliphatic rings. The van der Waals surface area contributed by atoms with Crippen LogP contribution >= 0.6 is 0 Å². The van der Waals surface area contributed by atoms with Crippen LogP contribution in [0.1, 0.15) is 32.6 Å². The van der Waals surface area contributed by atoms with Crippen LogP contribution < -0.4 is 0 Å². The summed E-state index contributed by atoms with van der Waals surface area (Å²) in [4.78, 5) is 10.6. The molecular formula is C11H16O2. The summed E-state index contributed by atoms with van der Waals surface area (Å²) in [5.41, 5.74) is 0. The zero-order chi connectivity index (χ0) is 10.1. The fourth-order valence-electron chi connectivity index (χ4n) is 1.04. The molecule has 0 radical (unpaired) electrons. The van der Waals surface area contributed by atoms with E-state index in [-0.39, 0.29) is 5.92 Å². The van der Waals surface area contributed by atoms with Crippen molar-refractivity contribution in [3.8, 4) is 12.3 Å². The average molecular weight is 180 g/mol. The Morgan fingerprint density at radius 2 is 2.31 bits per heavy atom. The number of terminal acetylenes is 1. The molecule has 2 nitrogen and oxygen atoms in total. The fourth-order valence-corrected chi connectivity index (χ4v) is 1.04. The summed E-state index contributed by atoms with van der Waals surface area (Å²) < 4.78 is 0. The highest BCUT2D eigenvalue weighted by molar-refractivity contribution is 5.70. The highest BCUT2D eigenvalue weighted by atomic mass is 16.4. The Balaban J connectivity index is 3.77. The standard InChI is InChI=1S/C11H16O2/c1-3-5-6-7-9-10(8-4-2)11(12)13/h2,5-6,10H,3,7-9H2,1H3,(H,12,13). The van der Waals surface area contributed by atoms with Crippen LogP contribution in [0.25, 0.3) is 0 Å². The quantitative estimate of drug-likeness (QED) is 0.503. The van der Waals surface area contributed by atoms with Crippen molar-refractivity contribution in [3.05, 3.63) is 12.2 Å². The minimum atomic E-state index is -0.789. The summed E-state index contributed by atoms with van der Waals surface area (Å²) in [7, 11) is 0. The lowest BCUT2D eigenvalue weighted by molar-refractivity contribution is -0.141. The van der Waals surface area contributed by atoms with Crippen LogP contribution in [0.15, 0.2) is 12.2 Å². The van der Waals surface area contributed by atoms with Gasteiger partial charge in [0.2, 0.25) is 0 Å². The van der Waals surface area contributed by atoms with Gasteiger partial charge in [0.15, 0.2) is 0 Å². The minimum absolute atomic E-state index is 0.329. The van der Waals surface area contributed by atoms with Crippen molar-refractivity contribution in [1.29, 1.82) is 0 Å². The van der Waals surface area contributed by atoms with Crippen LogP contribution in [0.5, 0.6) is 0 Å². The van der Waals surface area contributed by atoms with Gasteiger partial charge in [0.05, 0.1) is 5.92 Å². The van der Waals surface area contributed by atoms with Gasteiger partial charge in [-0.1, -0.05) is 19.1 Å². The molecule has 1 unspecified atom stereocenters. The van der Waals surface area contributed by atoms with E-state index in [1.165, 1.54) is 0 Å². The van der Waals surface area contributed by atoms with E-state index in [0.29, 0.717) is 12.8 Å². The molecule has 0 aromatic heterocycles. The first kappa shape index (κ1) is 11.8. The van der Waals surface area contributed by atoms with Gasteiger partial charge >= 0.3 is 5.97 Å². The third kappa shape index (κ3) is 5.98. The molecule has 0 aromatic rings. The van der Waals surface area contributed by atoms with Crippen LogP contribution in [-0.4, -0.2) is 11.1 Å². The van der Waals surface area contributed by atoms with Gasteiger partial charge in [-0.15, -0.1) is 12.3 Å². The van der Waals surface area contributed by atoms with Gasteiger partial charge in [-0.05, 0) is 19.3 Å². The third-order valence-corrected chi connectivity index (χ3v) is 1.80. The summed E-state index contributed by atoms with van der Waals surface area (Å²) in [6.45, 7) is 2.05. The molecule has 0 aromatic carbocycles. The monoisotopic (exact) mass is 180 g/mol. The number of rotatable bonds is 6. The predicted octanol–water partition coefficient (Wildman–Crippen LogP) is 2.46. The first-order chi connectivity index (χ1) is 6.22. The van der Waals surface area contributed by atoms with Crippen LogP contribution in [0, 0.1) is 18.3 Å². The maximum Gasteiger partial charge on any atom is 0.307 e. The van der Waals surface area contributed by atoms with Crippen LogP contribution in [-0.2, 0) is 4.79 Å². The molecule has 0 spiro atoms. The predicted molar refractivity (Wildman–Crippen MR) is 53.2 cm³/mol. The Bertz CT molecular complexity index is 211. The zero-order valence-corrected chi connectivity index (χ0v) is 7.99.